The molecule has 0 bridgehead atoms. The number of carbonyl (C=O) groups excluding carboxylic acids is 1. The number of carbonyl (C=O) groups is 1. The van der Waals surface area contributed by atoms with Crippen LogP contribution in [0.3, 0.4) is 0 Å². The molecule has 2 aliphatic rings. The molecule has 1 aliphatic heterocycles. The van der Waals surface area contributed by atoms with Crippen molar-refractivity contribution in [2.75, 3.05) is 0 Å². The molecule has 0 saturated carbocycles. The molecular formula is C7H4Cl2O2. The summed E-state index contributed by atoms with van der Waals surface area (Å²) >= 11 is 11.6. The zero-order chi connectivity index (χ0) is 8.11. The molecule has 0 amide bonds. The van der Waals surface area contributed by atoms with Gasteiger partial charge < -0.3 is 4.74 Å². The van der Waals surface area contributed by atoms with Gasteiger partial charge in [0.25, 0.3) is 0 Å². The minimum absolute atomic E-state index is 0.338. The van der Waals surface area contributed by atoms with E-state index in [-0.39, 0.29) is 0 Å². The van der Waals surface area contributed by atoms with Gasteiger partial charge in [0.15, 0.2) is 6.29 Å². The van der Waals surface area contributed by atoms with Gasteiger partial charge in [-0.05, 0) is 12.2 Å². The summed E-state index contributed by atoms with van der Waals surface area (Å²) in [5.74, 6) is 0. The standard InChI is InChI=1S/C7H4Cl2O2/c8-5-2-1-3-7(9)6(5,4-10)11-7/h1-4H. The van der Waals surface area contributed by atoms with Gasteiger partial charge in [0.05, 0.1) is 5.03 Å². The van der Waals surface area contributed by atoms with Gasteiger partial charge in [0, 0.05) is 0 Å². The molecule has 58 valence electrons. The Labute approximate surface area is 73.4 Å². The highest BCUT2D eigenvalue weighted by atomic mass is 35.5. The van der Waals surface area contributed by atoms with Crippen molar-refractivity contribution in [1.82, 2.24) is 0 Å². The lowest BCUT2D eigenvalue weighted by atomic mass is 10.0. The van der Waals surface area contributed by atoms with Crippen molar-refractivity contribution in [3.8, 4) is 0 Å². The third-order valence-electron chi connectivity index (χ3n) is 1.85. The number of fused-ring (bicyclic) bond motifs is 1. The van der Waals surface area contributed by atoms with E-state index in [1.54, 1.807) is 18.2 Å². The highest BCUT2D eigenvalue weighted by Crippen LogP contribution is 2.58. The number of hydrogen-bond acceptors (Lipinski definition) is 2. The van der Waals surface area contributed by atoms with E-state index in [1.165, 1.54) is 0 Å². The predicted molar refractivity (Wildman–Crippen MR) is 41.5 cm³/mol. The number of halogens is 2. The second kappa shape index (κ2) is 1.89. The number of aldehydes is 1. The van der Waals surface area contributed by atoms with Crippen LogP contribution in [0.2, 0.25) is 0 Å². The van der Waals surface area contributed by atoms with Crippen LogP contribution in [0.25, 0.3) is 0 Å². The van der Waals surface area contributed by atoms with Gasteiger partial charge in [-0.25, -0.2) is 0 Å². The average Bonchev–Trinajstić information content (AvgIpc) is 2.59. The number of rotatable bonds is 1. The van der Waals surface area contributed by atoms with Crippen LogP contribution in [0.4, 0.5) is 0 Å². The van der Waals surface area contributed by atoms with E-state index in [0.29, 0.717) is 11.3 Å². The molecule has 0 N–H and O–H groups in total. The Bertz CT molecular complexity index is 284. The fourth-order valence-corrected chi connectivity index (χ4v) is 1.80. The molecular weight excluding hydrogens is 187 g/mol. The third-order valence-corrected chi connectivity index (χ3v) is 2.74. The number of hydrogen-bond donors (Lipinski definition) is 0. The predicted octanol–water partition coefficient (Wildman–Crippen LogP) is 1.58. The van der Waals surface area contributed by atoms with Crippen LogP contribution in [0.5, 0.6) is 0 Å². The Morgan fingerprint density at radius 1 is 1.64 bits per heavy atom. The average molecular weight is 191 g/mol. The van der Waals surface area contributed by atoms with E-state index in [4.69, 9.17) is 27.9 Å². The highest BCUT2D eigenvalue weighted by molar-refractivity contribution is 6.38. The quantitative estimate of drug-likeness (QED) is 0.357. The zero-order valence-corrected chi connectivity index (χ0v) is 6.89. The molecule has 1 fully saturated rings. The molecule has 11 heavy (non-hydrogen) atoms. The first-order valence-electron chi connectivity index (χ1n) is 3.05. The van der Waals surface area contributed by atoms with E-state index >= 15 is 0 Å². The Morgan fingerprint density at radius 2 is 2.36 bits per heavy atom. The summed E-state index contributed by atoms with van der Waals surface area (Å²) in [6.45, 7) is 0. The molecule has 0 aromatic rings. The molecule has 1 aliphatic carbocycles. The topological polar surface area (TPSA) is 29.6 Å². The van der Waals surface area contributed by atoms with Gasteiger partial charge in [-0.2, -0.15) is 0 Å². The summed E-state index contributed by atoms with van der Waals surface area (Å²) in [5.41, 5.74) is -1.09. The van der Waals surface area contributed by atoms with Gasteiger partial charge in [0.1, 0.15) is 0 Å². The molecule has 0 radical (unpaired) electrons. The summed E-state index contributed by atoms with van der Waals surface area (Å²) in [5, 5.41) is -0.675. The van der Waals surface area contributed by atoms with Crippen molar-refractivity contribution in [2.24, 2.45) is 0 Å². The summed E-state index contributed by atoms with van der Waals surface area (Å²) in [6, 6.07) is 0. The van der Waals surface area contributed by atoms with Crippen molar-refractivity contribution in [2.45, 2.75) is 10.7 Å². The molecule has 1 heterocycles. The Balaban J connectivity index is 2.47. The molecule has 0 aromatic carbocycles. The van der Waals surface area contributed by atoms with Crippen molar-refractivity contribution < 1.29 is 9.53 Å². The van der Waals surface area contributed by atoms with Gasteiger partial charge in [-0.1, -0.05) is 29.3 Å². The molecule has 2 atom stereocenters. The third kappa shape index (κ3) is 0.696. The van der Waals surface area contributed by atoms with Gasteiger partial charge in [0.2, 0.25) is 10.7 Å². The minimum atomic E-state index is -1.09. The van der Waals surface area contributed by atoms with E-state index in [2.05, 4.69) is 0 Å². The van der Waals surface area contributed by atoms with Crippen LogP contribution in [-0.2, 0) is 9.53 Å². The van der Waals surface area contributed by atoms with Gasteiger partial charge >= 0.3 is 0 Å². The normalized spacial score (nSPS) is 46.2. The van der Waals surface area contributed by atoms with Gasteiger partial charge in [-0.3, -0.25) is 4.79 Å². The second-order valence-electron chi connectivity index (χ2n) is 2.47. The zero-order valence-electron chi connectivity index (χ0n) is 5.38. The molecule has 2 unspecified atom stereocenters. The van der Waals surface area contributed by atoms with Gasteiger partial charge in [-0.15, -0.1) is 0 Å². The maximum Gasteiger partial charge on any atom is 0.208 e. The first kappa shape index (κ1) is 7.35. The summed E-state index contributed by atoms with van der Waals surface area (Å²) in [4.78, 5) is 10.6. The maximum atomic E-state index is 10.6. The van der Waals surface area contributed by atoms with E-state index < -0.39 is 10.7 Å². The van der Waals surface area contributed by atoms with Crippen LogP contribution < -0.4 is 0 Å². The largest absolute Gasteiger partial charge is 0.328 e. The number of epoxide rings is 1. The Kier molecular flexibility index (Phi) is 1.26. The van der Waals surface area contributed by atoms with E-state index in [0.717, 1.165) is 0 Å². The lowest BCUT2D eigenvalue weighted by Crippen LogP contribution is -2.23. The number of alkyl halides is 1. The van der Waals surface area contributed by atoms with E-state index in [1.807, 2.05) is 0 Å². The molecule has 2 nitrogen and oxygen atoms in total. The summed E-state index contributed by atoms with van der Waals surface area (Å²) in [7, 11) is 0. The van der Waals surface area contributed by atoms with Crippen LogP contribution in [-0.4, -0.2) is 16.9 Å². The fraction of sp³-hybridized carbons (Fsp3) is 0.286. The lowest BCUT2D eigenvalue weighted by molar-refractivity contribution is -0.110. The van der Waals surface area contributed by atoms with Crippen molar-refractivity contribution >= 4 is 29.5 Å². The Hall–Kier alpha value is -0.310. The van der Waals surface area contributed by atoms with Crippen molar-refractivity contribution in [3.05, 3.63) is 23.3 Å². The van der Waals surface area contributed by atoms with Crippen molar-refractivity contribution in [1.29, 1.82) is 0 Å². The molecule has 4 heteroatoms. The second-order valence-corrected chi connectivity index (χ2v) is 3.44. The first-order valence-corrected chi connectivity index (χ1v) is 3.81. The fourth-order valence-electron chi connectivity index (χ4n) is 1.12. The van der Waals surface area contributed by atoms with Crippen LogP contribution in [0.15, 0.2) is 23.3 Å². The minimum Gasteiger partial charge on any atom is -0.328 e. The smallest absolute Gasteiger partial charge is 0.208 e. The maximum absolute atomic E-state index is 10.6. The number of allylic oxidation sites excluding steroid dienone is 2. The monoisotopic (exact) mass is 190 g/mol. The van der Waals surface area contributed by atoms with Crippen LogP contribution in [0.1, 0.15) is 0 Å². The Morgan fingerprint density at radius 3 is 2.82 bits per heavy atom. The van der Waals surface area contributed by atoms with Crippen molar-refractivity contribution in [3.63, 3.8) is 0 Å². The molecule has 0 aromatic heterocycles. The SMILES string of the molecule is O=CC12OC1(Cl)C=CC=C2Cl. The molecule has 0 spiro atoms. The first-order chi connectivity index (χ1) is 5.15. The summed E-state index contributed by atoms with van der Waals surface area (Å²) in [6.07, 6.45) is 5.50. The highest BCUT2D eigenvalue weighted by Gasteiger charge is 2.71. The van der Waals surface area contributed by atoms with Crippen LogP contribution in [0, 0.1) is 0 Å². The molecule has 2 rings (SSSR count). The summed E-state index contributed by atoms with van der Waals surface area (Å²) < 4.78 is 5.02. The lowest BCUT2D eigenvalue weighted by Gasteiger charge is -2.07. The number of ether oxygens (including phenoxy) is 1. The van der Waals surface area contributed by atoms with E-state index in [9.17, 15) is 4.79 Å². The molecule has 1 saturated heterocycles. The van der Waals surface area contributed by atoms with Crippen LogP contribution >= 0.6 is 23.2 Å².